The maximum Gasteiger partial charge on any atom is 0.0519 e. The third-order valence-electron chi connectivity index (χ3n) is 1.59. The van der Waals surface area contributed by atoms with E-state index in [1.54, 1.807) is 11.3 Å². The SMILES string of the molecule is CNC(C)/C=C/c1cc(Cl)cs1. The summed E-state index contributed by atoms with van der Waals surface area (Å²) in [4.78, 5) is 1.20. The second-order valence-corrected chi connectivity index (χ2v) is 3.98. The average Bonchev–Trinajstić information content (AvgIpc) is 2.47. The third-order valence-corrected chi connectivity index (χ3v) is 2.84. The zero-order chi connectivity index (χ0) is 8.97. The van der Waals surface area contributed by atoms with Crippen LogP contribution in [0.1, 0.15) is 11.8 Å². The molecule has 1 rings (SSSR count). The summed E-state index contributed by atoms with van der Waals surface area (Å²) < 4.78 is 0. The zero-order valence-electron chi connectivity index (χ0n) is 7.17. The summed E-state index contributed by atoms with van der Waals surface area (Å²) in [6.45, 7) is 2.10. The normalized spacial score (nSPS) is 13.9. The van der Waals surface area contributed by atoms with Crippen LogP contribution in [0.2, 0.25) is 5.02 Å². The van der Waals surface area contributed by atoms with E-state index in [9.17, 15) is 0 Å². The molecule has 1 heterocycles. The molecule has 0 amide bonds. The van der Waals surface area contributed by atoms with Crippen molar-refractivity contribution in [2.24, 2.45) is 0 Å². The minimum Gasteiger partial charge on any atom is -0.314 e. The highest BCUT2D eigenvalue weighted by atomic mass is 35.5. The molecule has 0 aliphatic carbocycles. The van der Waals surface area contributed by atoms with Gasteiger partial charge < -0.3 is 5.32 Å². The summed E-state index contributed by atoms with van der Waals surface area (Å²) in [5.41, 5.74) is 0. The van der Waals surface area contributed by atoms with Crippen LogP contribution < -0.4 is 5.32 Å². The Labute approximate surface area is 82.1 Å². The van der Waals surface area contributed by atoms with Crippen LogP contribution in [0, 0.1) is 0 Å². The second kappa shape index (κ2) is 4.65. The summed E-state index contributed by atoms with van der Waals surface area (Å²) in [6.07, 6.45) is 4.19. The Morgan fingerprint density at radius 2 is 2.42 bits per heavy atom. The Bertz CT molecular complexity index is 267. The maximum atomic E-state index is 5.77. The summed E-state index contributed by atoms with van der Waals surface area (Å²) in [5, 5.41) is 5.88. The molecular formula is C9H12ClNS. The van der Waals surface area contributed by atoms with Gasteiger partial charge in [-0.1, -0.05) is 17.7 Å². The summed E-state index contributed by atoms with van der Waals surface area (Å²) in [6, 6.07) is 2.37. The molecular weight excluding hydrogens is 190 g/mol. The lowest BCUT2D eigenvalue weighted by molar-refractivity contribution is 0.732. The molecule has 0 bridgehead atoms. The number of hydrogen-bond donors (Lipinski definition) is 1. The van der Waals surface area contributed by atoms with Gasteiger partial charge in [-0.25, -0.2) is 0 Å². The first kappa shape index (κ1) is 9.78. The first-order valence-corrected chi connectivity index (χ1v) is 5.07. The highest BCUT2D eigenvalue weighted by Crippen LogP contribution is 2.20. The smallest absolute Gasteiger partial charge is 0.0519 e. The molecule has 1 atom stereocenters. The van der Waals surface area contributed by atoms with Gasteiger partial charge in [-0.3, -0.25) is 0 Å². The van der Waals surface area contributed by atoms with Gasteiger partial charge in [0.2, 0.25) is 0 Å². The van der Waals surface area contributed by atoms with Crippen LogP contribution in [0.4, 0.5) is 0 Å². The van der Waals surface area contributed by atoms with Crippen molar-refractivity contribution < 1.29 is 0 Å². The molecule has 1 aromatic heterocycles. The molecule has 0 aliphatic heterocycles. The van der Waals surface area contributed by atoms with Crippen molar-refractivity contribution in [1.82, 2.24) is 5.32 Å². The quantitative estimate of drug-likeness (QED) is 0.793. The van der Waals surface area contributed by atoms with Crippen LogP contribution in [0.25, 0.3) is 6.08 Å². The Morgan fingerprint density at radius 1 is 1.67 bits per heavy atom. The molecule has 0 saturated heterocycles. The highest BCUT2D eigenvalue weighted by Gasteiger charge is 1.93. The second-order valence-electron chi connectivity index (χ2n) is 2.60. The first-order chi connectivity index (χ1) is 5.72. The molecule has 12 heavy (non-hydrogen) atoms. The third kappa shape index (κ3) is 2.97. The maximum absolute atomic E-state index is 5.77. The molecule has 0 aromatic carbocycles. The van der Waals surface area contributed by atoms with Crippen molar-refractivity contribution in [3.05, 3.63) is 27.4 Å². The van der Waals surface area contributed by atoms with Crippen LogP contribution in [0.3, 0.4) is 0 Å². The molecule has 1 nitrogen and oxygen atoms in total. The van der Waals surface area contributed by atoms with Crippen molar-refractivity contribution in [2.45, 2.75) is 13.0 Å². The summed E-state index contributed by atoms with van der Waals surface area (Å²) >= 11 is 7.43. The molecule has 0 fully saturated rings. The van der Waals surface area contributed by atoms with E-state index in [2.05, 4.69) is 24.4 Å². The van der Waals surface area contributed by atoms with Crippen LogP contribution in [0.5, 0.6) is 0 Å². The fraction of sp³-hybridized carbons (Fsp3) is 0.333. The average molecular weight is 202 g/mol. The van der Waals surface area contributed by atoms with E-state index in [0.29, 0.717) is 6.04 Å². The van der Waals surface area contributed by atoms with E-state index >= 15 is 0 Å². The van der Waals surface area contributed by atoms with Gasteiger partial charge in [0.15, 0.2) is 0 Å². The Balaban J connectivity index is 2.57. The molecule has 1 aromatic rings. The molecule has 1 unspecified atom stereocenters. The number of rotatable bonds is 3. The number of hydrogen-bond acceptors (Lipinski definition) is 2. The number of thiophene rings is 1. The number of likely N-dealkylation sites (N-methyl/N-ethyl adjacent to an activating group) is 1. The van der Waals surface area contributed by atoms with E-state index in [-0.39, 0.29) is 0 Å². The van der Waals surface area contributed by atoms with Crippen molar-refractivity contribution in [1.29, 1.82) is 0 Å². The van der Waals surface area contributed by atoms with E-state index in [4.69, 9.17) is 11.6 Å². The lowest BCUT2D eigenvalue weighted by Crippen LogP contribution is -2.17. The largest absolute Gasteiger partial charge is 0.314 e. The van der Waals surface area contributed by atoms with Crippen LogP contribution in [-0.2, 0) is 0 Å². The van der Waals surface area contributed by atoms with Gasteiger partial charge in [0.05, 0.1) is 5.02 Å². The van der Waals surface area contributed by atoms with Gasteiger partial charge in [-0.2, -0.15) is 0 Å². The summed E-state index contributed by atoms with van der Waals surface area (Å²) in [7, 11) is 1.94. The minimum atomic E-state index is 0.408. The highest BCUT2D eigenvalue weighted by molar-refractivity contribution is 7.11. The molecule has 66 valence electrons. The van der Waals surface area contributed by atoms with Crippen molar-refractivity contribution in [3.8, 4) is 0 Å². The van der Waals surface area contributed by atoms with Gasteiger partial charge in [-0.15, -0.1) is 11.3 Å². The predicted molar refractivity (Wildman–Crippen MR) is 56.9 cm³/mol. The zero-order valence-corrected chi connectivity index (χ0v) is 8.75. The first-order valence-electron chi connectivity index (χ1n) is 3.82. The molecule has 0 saturated carbocycles. The van der Waals surface area contributed by atoms with Crippen LogP contribution in [-0.4, -0.2) is 13.1 Å². The van der Waals surface area contributed by atoms with E-state index in [1.807, 2.05) is 18.5 Å². The monoisotopic (exact) mass is 201 g/mol. The molecule has 0 aliphatic rings. The molecule has 0 radical (unpaired) electrons. The van der Waals surface area contributed by atoms with E-state index in [1.165, 1.54) is 4.88 Å². The lowest BCUT2D eigenvalue weighted by Gasteiger charge is -2.00. The minimum absolute atomic E-state index is 0.408. The van der Waals surface area contributed by atoms with Crippen molar-refractivity contribution >= 4 is 29.0 Å². The van der Waals surface area contributed by atoms with Gasteiger partial charge >= 0.3 is 0 Å². The van der Waals surface area contributed by atoms with Gasteiger partial charge in [-0.05, 0) is 26.1 Å². The Kier molecular flexibility index (Phi) is 3.79. The van der Waals surface area contributed by atoms with Crippen LogP contribution in [0.15, 0.2) is 17.5 Å². The van der Waals surface area contributed by atoms with Gasteiger partial charge in [0.1, 0.15) is 0 Å². The Morgan fingerprint density at radius 3 is 2.92 bits per heavy atom. The lowest BCUT2D eigenvalue weighted by atomic mass is 10.3. The fourth-order valence-electron chi connectivity index (χ4n) is 0.751. The Hall–Kier alpha value is -0.310. The van der Waals surface area contributed by atoms with E-state index in [0.717, 1.165) is 5.02 Å². The standard InChI is InChI=1S/C9H12ClNS/c1-7(11-2)3-4-9-5-8(10)6-12-9/h3-7,11H,1-2H3/b4-3+. The number of nitrogens with one attached hydrogen (secondary N) is 1. The molecule has 0 spiro atoms. The summed E-state index contributed by atoms with van der Waals surface area (Å²) in [5.74, 6) is 0. The van der Waals surface area contributed by atoms with Crippen molar-refractivity contribution in [2.75, 3.05) is 7.05 Å². The number of halogens is 1. The fourth-order valence-corrected chi connectivity index (χ4v) is 1.74. The molecule has 3 heteroatoms. The predicted octanol–water partition coefficient (Wildman–Crippen LogP) is 3.02. The van der Waals surface area contributed by atoms with Gasteiger partial charge in [0.25, 0.3) is 0 Å². The topological polar surface area (TPSA) is 12.0 Å². The molecule has 1 N–H and O–H groups in total. The van der Waals surface area contributed by atoms with Gasteiger partial charge in [0, 0.05) is 16.3 Å². The van der Waals surface area contributed by atoms with E-state index < -0.39 is 0 Å². The van der Waals surface area contributed by atoms with Crippen LogP contribution >= 0.6 is 22.9 Å². The van der Waals surface area contributed by atoms with Crippen molar-refractivity contribution in [3.63, 3.8) is 0 Å².